The molecule has 1 fully saturated rings. The van der Waals surface area contributed by atoms with Gasteiger partial charge in [0.2, 0.25) is 0 Å². The van der Waals surface area contributed by atoms with E-state index in [9.17, 15) is 14.4 Å². The molecule has 19 heavy (non-hydrogen) atoms. The molecule has 1 atom stereocenters. The Bertz CT molecular complexity index is 354. The summed E-state index contributed by atoms with van der Waals surface area (Å²) in [6, 6.07) is -1.90. The molecular formula is C12H20N2O5. The summed E-state index contributed by atoms with van der Waals surface area (Å²) in [4.78, 5) is 34.8. The van der Waals surface area contributed by atoms with Crippen molar-refractivity contribution in [1.82, 2.24) is 10.2 Å². The molecule has 0 heterocycles. The number of aliphatic carboxylic acids is 2. The minimum Gasteiger partial charge on any atom is -0.481 e. The molecule has 1 rings (SSSR count). The molecule has 0 aromatic heterocycles. The van der Waals surface area contributed by atoms with E-state index in [-0.39, 0.29) is 0 Å². The molecule has 1 unspecified atom stereocenters. The van der Waals surface area contributed by atoms with E-state index < -0.39 is 30.4 Å². The van der Waals surface area contributed by atoms with E-state index >= 15 is 0 Å². The van der Waals surface area contributed by atoms with Crippen molar-refractivity contribution in [2.75, 3.05) is 13.1 Å². The van der Waals surface area contributed by atoms with E-state index in [0.717, 1.165) is 12.8 Å². The fourth-order valence-electron chi connectivity index (χ4n) is 1.96. The summed E-state index contributed by atoms with van der Waals surface area (Å²) in [5.74, 6) is -2.11. The van der Waals surface area contributed by atoms with Crippen molar-refractivity contribution >= 4 is 18.0 Å². The van der Waals surface area contributed by atoms with E-state index in [2.05, 4.69) is 5.32 Å². The van der Waals surface area contributed by atoms with Crippen molar-refractivity contribution in [2.45, 2.75) is 38.6 Å². The highest BCUT2D eigenvalue weighted by Crippen LogP contribution is 2.27. The number of urea groups is 1. The monoisotopic (exact) mass is 272 g/mol. The van der Waals surface area contributed by atoms with Crippen molar-refractivity contribution in [3.8, 4) is 0 Å². The highest BCUT2D eigenvalue weighted by Gasteiger charge is 2.27. The molecule has 108 valence electrons. The number of amides is 2. The molecule has 0 saturated heterocycles. The predicted molar refractivity (Wildman–Crippen MR) is 66.8 cm³/mol. The fraction of sp³-hybridized carbons (Fsp3) is 0.750. The molecule has 1 aliphatic rings. The summed E-state index contributed by atoms with van der Waals surface area (Å²) in [7, 11) is 0. The Morgan fingerprint density at radius 3 is 2.32 bits per heavy atom. The molecule has 1 saturated carbocycles. The molecule has 0 radical (unpaired) electrons. The summed E-state index contributed by atoms with van der Waals surface area (Å²) < 4.78 is 0. The summed E-state index contributed by atoms with van der Waals surface area (Å²) in [6.45, 7) is 2.88. The third kappa shape index (κ3) is 4.76. The maximum Gasteiger partial charge on any atom is 0.326 e. The maximum absolute atomic E-state index is 11.9. The Morgan fingerprint density at radius 2 is 1.95 bits per heavy atom. The number of nitrogens with one attached hydrogen (secondary N) is 1. The van der Waals surface area contributed by atoms with Crippen LogP contribution in [0.1, 0.15) is 32.6 Å². The van der Waals surface area contributed by atoms with Crippen molar-refractivity contribution in [1.29, 1.82) is 0 Å². The zero-order chi connectivity index (χ0) is 14.4. The average Bonchev–Trinajstić information content (AvgIpc) is 2.25. The topological polar surface area (TPSA) is 107 Å². The molecular weight excluding hydrogens is 252 g/mol. The van der Waals surface area contributed by atoms with E-state index in [1.54, 1.807) is 0 Å². The van der Waals surface area contributed by atoms with Crippen LogP contribution < -0.4 is 5.32 Å². The Labute approximate surface area is 111 Å². The fourth-order valence-corrected chi connectivity index (χ4v) is 1.96. The van der Waals surface area contributed by atoms with Crippen molar-refractivity contribution < 1.29 is 24.6 Å². The van der Waals surface area contributed by atoms with Crippen LogP contribution in [-0.2, 0) is 9.59 Å². The molecule has 0 aromatic rings. The first-order valence-electron chi connectivity index (χ1n) is 6.44. The maximum atomic E-state index is 11.9. The normalized spacial score (nSPS) is 16.3. The number of nitrogens with zero attached hydrogens (tertiary/aromatic N) is 1. The van der Waals surface area contributed by atoms with Gasteiger partial charge in [-0.25, -0.2) is 9.59 Å². The molecule has 1 aliphatic carbocycles. The number of carbonyl (C=O) groups excluding carboxylic acids is 1. The molecule has 0 aliphatic heterocycles. The van der Waals surface area contributed by atoms with Crippen molar-refractivity contribution in [2.24, 2.45) is 5.92 Å². The van der Waals surface area contributed by atoms with Crippen LogP contribution in [0.15, 0.2) is 0 Å². The second-order valence-electron chi connectivity index (χ2n) is 4.77. The van der Waals surface area contributed by atoms with Gasteiger partial charge in [0.1, 0.15) is 6.04 Å². The third-order valence-corrected chi connectivity index (χ3v) is 3.35. The van der Waals surface area contributed by atoms with Crippen LogP contribution in [0.2, 0.25) is 0 Å². The molecule has 0 bridgehead atoms. The summed E-state index contributed by atoms with van der Waals surface area (Å²) >= 11 is 0. The van der Waals surface area contributed by atoms with Crippen molar-refractivity contribution in [3.63, 3.8) is 0 Å². The predicted octanol–water partition coefficient (Wildman–Crippen LogP) is 0.746. The Kier molecular flexibility index (Phi) is 5.59. The highest BCUT2D eigenvalue weighted by molar-refractivity contribution is 5.86. The number of carboxylic acids is 2. The quantitative estimate of drug-likeness (QED) is 0.634. The molecule has 0 aromatic carbocycles. The molecule has 7 nitrogen and oxygen atoms in total. The van der Waals surface area contributed by atoms with Crippen LogP contribution in [0, 0.1) is 5.92 Å². The zero-order valence-electron chi connectivity index (χ0n) is 11.0. The lowest BCUT2D eigenvalue weighted by atomic mass is 9.85. The van der Waals surface area contributed by atoms with Gasteiger partial charge in [-0.05, 0) is 25.7 Å². The Balaban J connectivity index is 2.52. The minimum atomic E-state index is -1.39. The second kappa shape index (κ2) is 6.96. The lowest BCUT2D eigenvalue weighted by Gasteiger charge is -2.32. The summed E-state index contributed by atoms with van der Waals surface area (Å²) in [5.41, 5.74) is 0. The molecule has 3 N–H and O–H groups in total. The van der Waals surface area contributed by atoms with Crippen LogP contribution in [-0.4, -0.2) is 52.2 Å². The van der Waals surface area contributed by atoms with Gasteiger partial charge < -0.3 is 20.4 Å². The Hall–Kier alpha value is -1.79. The van der Waals surface area contributed by atoms with E-state index in [1.165, 1.54) is 11.3 Å². The van der Waals surface area contributed by atoms with Gasteiger partial charge in [-0.1, -0.05) is 6.42 Å². The number of hydrogen-bond donors (Lipinski definition) is 3. The van der Waals surface area contributed by atoms with Gasteiger partial charge in [0.15, 0.2) is 0 Å². The average molecular weight is 272 g/mol. The summed E-state index contributed by atoms with van der Waals surface area (Å²) in [6.07, 6.45) is 2.71. The number of rotatable bonds is 7. The second-order valence-corrected chi connectivity index (χ2v) is 4.77. The molecule has 0 spiro atoms. The van der Waals surface area contributed by atoms with Gasteiger partial charge >= 0.3 is 18.0 Å². The first-order chi connectivity index (χ1) is 8.93. The lowest BCUT2D eigenvalue weighted by Crippen LogP contribution is -2.50. The highest BCUT2D eigenvalue weighted by atomic mass is 16.4. The zero-order valence-corrected chi connectivity index (χ0v) is 11.0. The van der Waals surface area contributed by atoms with Gasteiger partial charge in [-0.3, -0.25) is 4.79 Å². The lowest BCUT2D eigenvalue weighted by molar-refractivity contribution is -0.145. The third-order valence-electron chi connectivity index (χ3n) is 3.35. The van der Waals surface area contributed by atoms with Gasteiger partial charge in [0, 0.05) is 13.1 Å². The van der Waals surface area contributed by atoms with Crippen LogP contribution in [0.3, 0.4) is 0 Å². The van der Waals surface area contributed by atoms with Gasteiger partial charge in [0.25, 0.3) is 0 Å². The van der Waals surface area contributed by atoms with Crippen LogP contribution >= 0.6 is 0 Å². The van der Waals surface area contributed by atoms with Gasteiger partial charge in [-0.2, -0.15) is 0 Å². The van der Waals surface area contributed by atoms with Crippen molar-refractivity contribution in [3.05, 3.63) is 0 Å². The van der Waals surface area contributed by atoms with Crippen LogP contribution in [0.25, 0.3) is 0 Å². The first-order valence-corrected chi connectivity index (χ1v) is 6.44. The largest absolute Gasteiger partial charge is 0.481 e. The summed E-state index contributed by atoms with van der Waals surface area (Å²) in [5, 5.41) is 19.7. The minimum absolute atomic E-state index is 0.474. The first kappa shape index (κ1) is 15.3. The van der Waals surface area contributed by atoms with Crippen LogP contribution in [0.4, 0.5) is 4.79 Å². The molecule has 7 heteroatoms. The SMILES string of the molecule is CCN(CC1CCC1)C(=O)NC(CC(=O)O)C(=O)O. The smallest absolute Gasteiger partial charge is 0.326 e. The van der Waals surface area contributed by atoms with E-state index in [1.807, 2.05) is 6.92 Å². The number of hydrogen-bond acceptors (Lipinski definition) is 3. The van der Waals surface area contributed by atoms with Gasteiger partial charge in [-0.15, -0.1) is 0 Å². The number of carboxylic acid groups (broad SMARTS) is 2. The standard InChI is InChI=1S/C12H20N2O5/c1-2-14(7-8-4-3-5-8)12(19)13-9(11(17)18)6-10(15)16/h8-9H,2-7H2,1H3,(H,13,19)(H,15,16)(H,17,18). The molecule has 2 amide bonds. The Morgan fingerprint density at radius 1 is 1.32 bits per heavy atom. The van der Waals surface area contributed by atoms with Crippen LogP contribution in [0.5, 0.6) is 0 Å². The van der Waals surface area contributed by atoms with E-state index in [4.69, 9.17) is 10.2 Å². The van der Waals surface area contributed by atoms with Gasteiger partial charge in [0.05, 0.1) is 6.42 Å². The van der Waals surface area contributed by atoms with E-state index in [0.29, 0.717) is 19.0 Å². The number of carbonyl (C=O) groups is 3.